The number of hydrogen-bond acceptors (Lipinski definition) is 4. The van der Waals surface area contributed by atoms with Crippen LogP contribution >= 0.6 is 0 Å². The van der Waals surface area contributed by atoms with Crippen molar-refractivity contribution < 1.29 is 2.74 Å². The average molecular weight is 217 g/mol. The van der Waals surface area contributed by atoms with Crippen LogP contribution in [0.15, 0.2) is 18.2 Å². The smallest absolute Gasteiger partial charge is 0.152 e. The Balaban J connectivity index is 2.40. The number of nitrogens with two attached hydrogens (primary N) is 1. The highest BCUT2D eigenvalue weighted by Crippen LogP contribution is 2.34. The standard InChI is InChI=1S/C11H13N5/c1-7-13-10-6-15(2)11-8(12)4-3-5-9(11)16(10)14-7/h3-5H,6,12H2,1-2H3/i6D2. The van der Waals surface area contributed by atoms with E-state index in [2.05, 4.69) is 10.1 Å². The van der Waals surface area contributed by atoms with E-state index >= 15 is 0 Å². The first-order valence-corrected chi connectivity index (χ1v) is 5.00. The maximum absolute atomic E-state index is 8.17. The van der Waals surface area contributed by atoms with E-state index in [0.717, 1.165) is 5.69 Å². The Kier molecular flexibility index (Phi) is 1.35. The quantitative estimate of drug-likeness (QED) is 0.671. The van der Waals surface area contributed by atoms with Gasteiger partial charge in [0.2, 0.25) is 0 Å². The summed E-state index contributed by atoms with van der Waals surface area (Å²) < 4.78 is 17.9. The number of nitrogen functional groups attached to an aromatic ring is 1. The fraction of sp³-hybridized carbons (Fsp3) is 0.273. The minimum atomic E-state index is -1.73. The number of rotatable bonds is 0. The third-order valence-corrected chi connectivity index (χ3v) is 2.59. The summed E-state index contributed by atoms with van der Waals surface area (Å²) in [5, 5.41) is 4.25. The van der Waals surface area contributed by atoms with Crippen LogP contribution in [0.3, 0.4) is 0 Å². The Morgan fingerprint density at radius 2 is 2.31 bits per heavy atom. The summed E-state index contributed by atoms with van der Waals surface area (Å²) in [6.07, 6.45) is 0. The molecule has 16 heavy (non-hydrogen) atoms. The van der Waals surface area contributed by atoms with Crippen molar-refractivity contribution in [2.75, 3.05) is 17.7 Å². The van der Waals surface area contributed by atoms with Gasteiger partial charge in [-0.1, -0.05) is 6.07 Å². The number of anilines is 2. The molecule has 0 saturated carbocycles. The van der Waals surface area contributed by atoms with Crippen molar-refractivity contribution in [1.29, 1.82) is 0 Å². The molecule has 0 atom stereocenters. The zero-order valence-corrected chi connectivity index (χ0v) is 9.10. The molecule has 5 nitrogen and oxygen atoms in total. The van der Waals surface area contributed by atoms with Gasteiger partial charge < -0.3 is 10.6 Å². The van der Waals surface area contributed by atoms with Crippen LogP contribution < -0.4 is 10.6 Å². The van der Waals surface area contributed by atoms with E-state index in [9.17, 15) is 0 Å². The summed E-state index contributed by atoms with van der Waals surface area (Å²) in [4.78, 5) is 5.68. The molecule has 82 valence electrons. The molecule has 0 fully saturated rings. The van der Waals surface area contributed by atoms with Crippen LogP contribution in [-0.2, 0) is 6.50 Å². The second kappa shape index (κ2) is 2.98. The van der Waals surface area contributed by atoms with E-state index < -0.39 is 6.50 Å². The molecule has 0 bridgehead atoms. The Bertz CT molecular complexity index is 634. The van der Waals surface area contributed by atoms with Crippen molar-refractivity contribution in [2.24, 2.45) is 0 Å². The predicted molar refractivity (Wildman–Crippen MR) is 62.6 cm³/mol. The van der Waals surface area contributed by atoms with Gasteiger partial charge in [0.1, 0.15) is 5.82 Å². The van der Waals surface area contributed by atoms with E-state index in [-0.39, 0.29) is 5.82 Å². The Morgan fingerprint density at radius 3 is 3.12 bits per heavy atom. The van der Waals surface area contributed by atoms with Crippen LogP contribution in [0.1, 0.15) is 14.4 Å². The molecule has 0 saturated heterocycles. The third-order valence-electron chi connectivity index (χ3n) is 2.59. The summed E-state index contributed by atoms with van der Waals surface area (Å²) in [6, 6.07) is 5.43. The van der Waals surface area contributed by atoms with Crippen molar-refractivity contribution in [1.82, 2.24) is 14.8 Å². The fourth-order valence-electron chi connectivity index (χ4n) is 1.95. The maximum atomic E-state index is 8.17. The fourth-order valence-corrected chi connectivity index (χ4v) is 1.95. The first-order chi connectivity index (χ1) is 8.43. The van der Waals surface area contributed by atoms with Gasteiger partial charge in [-0.15, -0.1) is 0 Å². The average Bonchev–Trinajstić information content (AvgIpc) is 2.69. The zero-order valence-electron chi connectivity index (χ0n) is 11.1. The lowest BCUT2D eigenvalue weighted by Gasteiger charge is -2.28. The molecule has 1 aromatic carbocycles. The molecule has 0 amide bonds. The highest BCUT2D eigenvalue weighted by molar-refractivity contribution is 5.78. The van der Waals surface area contributed by atoms with E-state index in [0.29, 0.717) is 17.2 Å². The molecule has 0 radical (unpaired) electrons. The molecule has 1 aromatic heterocycles. The summed E-state index contributed by atoms with van der Waals surface area (Å²) in [6.45, 7) is 0.0110. The van der Waals surface area contributed by atoms with Gasteiger partial charge in [-0.3, -0.25) is 0 Å². The van der Waals surface area contributed by atoms with Gasteiger partial charge in [-0.25, -0.2) is 9.67 Å². The molecule has 1 aliphatic heterocycles. The highest BCUT2D eigenvalue weighted by Gasteiger charge is 2.23. The van der Waals surface area contributed by atoms with E-state index in [4.69, 9.17) is 8.48 Å². The minimum absolute atomic E-state index is 0.278. The molecule has 0 unspecified atom stereocenters. The van der Waals surface area contributed by atoms with Crippen LogP contribution in [0.5, 0.6) is 0 Å². The highest BCUT2D eigenvalue weighted by atomic mass is 15.4. The maximum Gasteiger partial charge on any atom is 0.152 e. The van der Waals surface area contributed by atoms with Crippen LogP contribution in [-0.4, -0.2) is 21.8 Å². The topological polar surface area (TPSA) is 60.0 Å². The molecule has 2 heterocycles. The molecular weight excluding hydrogens is 202 g/mol. The van der Waals surface area contributed by atoms with Crippen LogP contribution in [0.2, 0.25) is 0 Å². The van der Waals surface area contributed by atoms with E-state index in [1.807, 2.05) is 12.1 Å². The second-order valence-corrected chi connectivity index (χ2v) is 3.78. The number of fused-ring (bicyclic) bond motifs is 3. The van der Waals surface area contributed by atoms with Gasteiger partial charge in [0, 0.05) is 7.05 Å². The van der Waals surface area contributed by atoms with Gasteiger partial charge in [-0.2, -0.15) is 5.10 Å². The monoisotopic (exact) mass is 217 g/mol. The number of aryl methyl sites for hydroxylation is 1. The summed E-state index contributed by atoms with van der Waals surface area (Å²) >= 11 is 0. The second-order valence-electron chi connectivity index (χ2n) is 3.78. The molecule has 3 rings (SSSR count). The van der Waals surface area contributed by atoms with E-state index in [1.165, 1.54) is 9.58 Å². The van der Waals surface area contributed by atoms with Crippen LogP contribution in [0.25, 0.3) is 5.69 Å². The number of hydrogen-bond donors (Lipinski definition) is 1. The lowest BCUT2D eigenvalue weighted by Crippen LogP contribution is -2.27. The number of benzene rings is 1. The molecule has 5 heteroatoms. The first-order valence-electron chi connectivity index (χ1n) is 6.00. The Labute approximate surface area is 96.3 Å². The SMILES string of the molecule is [2H]C1([2H])c2nc(C)nn2-c2cccc(N)c2N1C. The van der Waals surface area contributed by atoms with Crippen LogP contribution in [0.4, 0.5) is 11.4 Å². The molecule has 0 spiro atoms. The molecule has 1 aliphatic rings. The van der Waals surface area contributed by atoms with Crippen LogP contribution in [0, 0.1) is 6.92 Å². The van der Waals surface area contributed by atoms with Crippen molar-refractivity contribution in [3.8, 4) is 5.69 Å². The van der Waals surface area contributed by atoms with Gasteiger partial charge in [0.15, 0.2) is 5.82 Å². The lowest BCUT2D eigenvalue weighted by atomic mass is 10.2. The normalized spacial score (nSPS) is 18.5. The van der Waals surface area contributed by atoms with Crippen molar-refractivity contribution in [3.63, 3.8) is 0 Å². The van der Waals surface area contributed by atoms with Crippen molar-refractivity contribution in [2.45, 2.75) is 13.4 Å². The van der Waals surface area contributed by atoms with Gasteiger partial charge in [0.25, 0.3) is 0 Å². The number of nitrogens with zero attached hydrogens (tertiary/aromatic N) is 4. The van der Waals surface area contributed by atoms with Gasteiger partial charge in [0.05, 0.1) is 26.3 Å². The molecule has 2 aromatic rings. The van der Waals surface area contributed by atoms with Crippen molar-refractivity contribution >= 4 is 11.4 Å². The largest absolute Gasteiger partial charge is 0.397 e. The molecule has 0 aliphatic carbocycles. The van der Waals surface area contributed by atoms with Crippen molar-refractivity contribution in [3.05, 3.63) is 29.8 Å². The lowest BCUT2D eigenvalue weighted by molar-refractivity contribution is 0.725. The molecule has 2 N–H and O–H groups in total. The minimum Gasteiger partial charge on any atom is -0.397 e. The first kappa shape index (κ1) is 7.27. The summed E-state index contributed by atoms with van der Waals surface area (Å²) in [5.41, 5.74) is 7.86. The van der Waals surface area contributed by atoms with Gasteiger partial charge >= 0.3 is 0 Å². The third kappa shape index (κ3) is 1.11. The Hall–Kier alpha value is -2.04. The summed E-state index contributed by atoms with van der Waals surface area (Å²) in [7, 11) is 1.67. The predicted octanol–water partition coefficient (Wildman–Crippen LogP) is 1.11. The number of para-hydroxylation sites is 1. The molecular formula is C11H13N5. The summed E-state index contributed by atoms with van der Waals surface area (Å²) in [5.74, 6) is 0.818. The van der Waals surface area contributed by atoms with E-state index in [1.54, 1.807) is 20.0 Å². The zero-order chi connectivity index (χ0) is 13.1. The van der Waals surface area contributed by atoms with Gasteiger partial charge in [-0.05, 0) is 19.1 Å². The number of aromatic nitrogens is 3. The Morgan fingerprint density at radius 1 is 1.50 bits per heavy atom.